The quantitative estimate of drug-likeness (QED) is 0.626. The van der Waals surface area contributed by atoms with Crippen molar-refractivity contribution in [3.63, 3.8) is 0 Å². The van der Waals surface area contributed by atoms with Crippen molar-refractivity contribution < 1.29 is 19.5 Å². The molecule has 0 saturated heterocycles. The Kier molecular flexibility index (Phi) is 5.87. The molecule has 0 bridgehead atoms. The Morgan fingerprint density at radius 1 is 1.36 bits per heavy atom. The molecule has 0 aliphatic rings. The van der Waals surface area contributed by atoms with Crippen molar-refractivity contribution in [3.8, 4) is 0 Å². The van der Waals surface area contributed by atoms with E-state index in [1.807, 2.05) is 0 Å². The zero-order chi connectivity index (χ0) is 11.1. The van der Waals surface area contributed by atoms with Crippen molar-refractivity contribution >= 4 is 29.3 Å². The monoisotopic (exact) mass is 221 g/mol. The third-order valence-electron chi connectivity index (χ3n) is 1.44. The van der Waals surface area contributed by atoms with E-state index in [0.717, 1.165) is 0 Å². The summed E-state index contributed by atoms with van der Waals surface area (Å²) >= 11 is 5.42. The van der Waals surface area contributed by atoms with Crippen LogP contribution in [0.25, 0.3) is 0 Å². The van der Waals surface area contributed by atoms with Crippen LogP contribution in [0.2, 0.25) is 0 Å². The van der Waals surface area contributed by atoms with Gasteiger partial charge in [0.2, 0.25) is 5.91 Å². The molecule has 0 aliphatic carbocycles. The number of halogens is 1. The van der Waals surface area contributed by atoms with E-state index in [2.05, 4.69) is 5.32 Å². The van der Waals surface area contributed by atoms with Gasteiger partial charge in [-0.25, -0.2) is 0 Å². The predicted octanol–water partition coefficient (Wildman–Crippen LogP) is 0.164. The lowest BCUT2D eigenvalue weighted by molar-refractivity contribution is -0.138. The molecule has 0 spiro atoms. The van der Waals surface area contributed by atoms with Gasteiger partial charge in [-0.3, -0.25) is 14.4 Å². The van der Waals surface area contributed by atoms with E-state index in [9.17, 15) is 14.4 Å². The fraction of sp³-hybridized carbons (Fsp3) is 0.625. The minimum atomic E-state index is -1.03. The summed E-state index contributed by atoms with van der Waals surface area (Å²) in [5, 5.41) is 9.87. The number of carboxylic acid groups (broad SMARTS) is 1. The van der Waals surface area contributed by atoms with Gasteiger partial charge < -0.3 is 10.4 Å². The molecular weight excluding hydrogens is 210 g/mol. The molecule has 80 valence electrons. The van der Waals surface area contributed by atoms with Gasteiger partial charge in [0.25, 0.3) is 0 Å². The largest absolute Gasteiger partial charge is 0.481 e. The predicted molar refractivity (Wildman–Crippen MR) is 50.2 cm³/mol. The first-order valence-electron chi connectivity index (χ1n) is 4.08. The Bertz CT molecular complexity index is 239. The molecule has 0 aliphatic heterocycles. The van der Waals surface area contributed by atoms with E-state index in [1.165, 1.54) is 6.92 Å². The molecule has 0 rings (SSSR count). The molecule has 0 heterocycles. The number of aliphatic carboxylic acids is 1. The maximum atomic E-state index is 11.0. The second-order valence-corrected chi connectivity index (χ2v) is 3.42. The van der Waals surface area contributed by atoms with Crippen LogP contribution in [-0.4, -0.2) is 34.7 Å². The number of nitrogens with one attached hydrogen (secondary N) is 1. The van der Waals surface area contributed by atoms with E-state index < -0.39 is 17.3 Å². The zero-order valence-electron chi connectivity index (χ0n) is 7.75. The number of alkyl halides is 1. The van der Waals surface area contributed by atoms with E-state index in [4.69, 9.17) is 16.7 Å². The third-order valence-corrected chi connectivity index (χ3v) is 1.64. The Balaban J connectivity index is 3.64. The first-order valence-corrected chi connectivity index (χ1v) is 4.52. The van der Waals surface area contributed by atoms with Crippen LogP contribution in [0.3, 0.4) is 0 Å². The lowest BCUT2D eigenvalue weighted by atomic mass is 10.2. The smallest absolute Gasteiger partial charge is 0.303 e. The van der Waals surface area contributed by atoms with Crippen molar-refractivity contribution in [1.29, 1.82) is 0 Å². The van der Waals surface area contributed by atoms with Crippen LogP contribution < -0.4 is 5.32 Å². The summed E-state index contributed by atoms with van der Waals surface area (Å²) in [6.07, 6.45) is -0.294. The maximum Gasteiger partial charge on any atom is 0.303 e. The van der Waals surface area contributed by atoms with Gasteiger partial charge in [0.15, 0.2) is 5.78 Å². The highest BCUT2D eigenvalue weighted by molar-refractivity contribution is 6.30. The summed E-state index contributed by atoms with van der Waals surface area (Å²) in [6.45, 7) is 1.32. The maximum absolute atomic E-state index is 11.0. The molecule has 0 aromatic rings. The minimum Gasteiger partial charge on any atom is -0.481 e. The van der Waals surface area contributed by atoms with Gasteiger partial charge in [0, 0.05) is 6.42 Å². The summed E-state index contributed by atoms with van der Waals surface area (Å²) < 4.78 is 0. The first kappa shape index (κ1) is 12.9. The van der Waals surface area contributed by atoms with Gasteiger partial charge >= 0.3 is 5.97 Å². The van der Waals surface area contributed by atoms with Crippen molar-refractivity contribution in [3.05, 3.63) is 0 Å². The zero-order valence-corrected chi connectivity index (χ0v) is 8.50. The molecular formula is C8H12ClNO4. The van der Waals surface area contributed by atoms with Crippen LogP contribution in [-0.2, 0) is 14.4 Å². The van der Waals surface area contributed by atoms with Gasteiger partial charge in [0.05, 0.1) is 13.0 Å². The molecule has 1 atom stereocenters. The van der Waals surface area contributed by atoms with E-state index >= 15 is 0 Å². The molecule has 0 fully saturated rings. The summed E-state index contributed by atoms with van der Waals surface area (Å²) in [7, 11) is 0. The summed E-state index contributed by atoms with van der Waals surface area (Å²) in [6, 6.07) is 0. The lowest BCUT2D eigenvalue weighted by Crippen LogP contribution is -2.34. The summed E-state index contributed by atoms with van der Waals surface area (Å²) in [5.41, 5.74) is 0. The topological polar surface area (TPSA) is 83.5 Å². The van der Waals surface area contributed by atoms with Crippen molar-refractivity contribution in [1.82, 2.24) is 5.32 Å². The normalized spacial score (nSPS) is 11.9. The molecule has 2 N–H and O–H groups in total. The van der Waals surface area contributed by atoms with Crippen molar-refractivity contribution in [2.45, 2.75) is 25.1 Å². The summed E-state index contributed by atoms with van der Waals surface area (Å²) in [5.74, 6) is -1.79. The molecule has 1 unspecified atom stereocenters. The number of carbonyl (C=O) groups excluding carboxylic acids is 2. The Morgan fingerprint density at radius 2 is 1.93 bits per heavy atom. The number of amides is 1. The van der Waals surface area contributed by atoms with E-state index in [1.54, 1.807) is 0 Å². The number of rotatable bonds is 6. The molecule has 1 amide bonds. The molecule has 0 radical (unpaired) electrons. The van der Waals surface area contributed by atoms with Crippen LogP contribution in [0, 0.1) is 0 Å². The number of hydrogen-bond donors (Lipinski definition) is 2. The molecule has 0 aromatic carbocycles. The van der Waals surface area contributed by atoms with Crippen LogP contribution in [0.1, 0.15) is 19.8 Å². The number of ketones is 1. The second kappa shape index (κ2) is 6.37. The third kappa shape index (κ3) is 6.42. The molecule has 0 saturated carbocycles. The first-order chi connectivity index (χ1) is 6.43. The van der Waals surface area contributed by atoms with Gasteiger partial charge in [-0.05, 0) is 6.92 Å². The molecule has 6 heteroatoms. The van der Waals surface area contributed by atoms with E-state index in [-0.39, 0.29) is 25.2 Å². The standard InChI is InChI=1S/C8H12ClNO4/c1-5(9)8(14)10-4-6(11)2-3-7(12)13/h5H,2-4H2,1H3,(H,10,14)(H,12,13). The van der Waals surface area contributed by atoms with Gasteiger partial charge in [-0.2, -0.15) is 0 Å². The lowest BCUT2D eigenvalue weighted by Gasteiger charge is -2.04. The number of Topliss-reactive ketones (excluding diaryl/α,β-unsaturated/α-hetero) is 1. The Morgan fingerprint density at radius 3 is 2.36 bits per heavy atom. The van der Waals surface area contributed by atoms with Gasteiger partial charge in [-0.15, -0.1) is 11.6 Å². The highest BCUT2D eigenvalue weighted by Gasteiger charge is 2.11. The second-order valence-electron chi connectivity index (χ2n) is 2.77. The highest BCUT2D eigenvalue weighted by atomic mass is 35.5. The van der Waals surface area contributed by atoms with Crippen LogP contribution in [0.15, 0.2) is 0 Å². The van der Waals surface area contributed by atoms with Crippen molar-refractivity contribution in [2.75, 3.05) is 6.54 Å². The fourth-order valence-electron chi connectivity index (χ4n) is 0.661. The minimum absolute atomic E-state index is 0.0771. The van der Waals surface area contributed by atoms with Crippen LogP contribution >= 0.6 is 11.6 Å². The Hall–Kier alpha value is -1.10. The SMILES string of the molecule is CC(Cl)C(=O)NCC(=O)CCC(=O)O. The fourth-order valence-corrected chi connectivity index (χ4v) is 0.738. The number of carbonyl (C=O) groups is 3. The Labute approximate surface area is 86.4 Å². The van der Waals surface area contributed by atoms with Crippen LogP contribution in [0.4, 0.5) is 0 Å². The van der Waals surface area contributed by atoms with Crippen LogP contribution in [0.5, 0.6) is 0 Å². The average molecular weight is 222 g/mol. The number of hydrogen-bond acceptors (Lipinski definition) is 3. The molecule has 14 heavy (non-hydrogen) atoms. The average Bonchev–Trinajstić information content (AvgIpc) is 2.10. The van der Waals surface area contributed by atoms with E-state index in [0.29, 0.717) is 0 Å². The summed E-state index contributed by atoms with van der Waals surface area (Å²) in [4.78, 5) is 31.9. The molecule has 0 aromatic heterocycles. The van der Waals surface area contributed by atoms with Gasteiger partial charge in [-0.1, -0.05) is 0 Å². The number of carboxylic acids is 1. The highest BCUT2D eigenvalue weighted by Crippen LogP contribution is 1.93. The molecule has 5 nitrogen and oxygen atoms in total. The van der Waals surface area contributed by atoms with Crippen molar-refractivity contribution in [2.24, 2.45) is 0 Å². The van der Waals surface area contributed by atoms with Gasteiger partial charge in [0.1, 0.15) is 5.38 Å².